The highest BCUT2D eigenvalue weighted by Crippen LogP contribution is 2.25. The Morgan fingerprint density at radius 2 is 2.25 bits per heavy atom. The van der Waals surface area contributed by atoms with Crippen molar-refractivity contribution in [2.45, 2.75) is 19.4 Å². The van der Waals surface area contributed by atoms with E-state index in [0.29, 0.717) is 6.04 Å². The Morgan fingerprint density at radius 1 is 1.50 bits per heavy atom. The van der Waals surface area contributed by atoms with Crippen LogP contribution in [-0.4, -0.2) is 6.54 Å². The Morgan fingerprint density at radius 3 is 2.75 bits per heavy atom. The van der Waals surface area contributed by atoms with Crippen LogP contribution in [0.3, 0.4) is 0 Å². The SMILES string of the molecule is Cc1cc(C2CCN2)ccc1N. The molecule has 0 saturated carbocycles. The summed E-state index contributed by atoms with van der Waals surface area (Å²) < 4.78 is 0. The zero-order chi connectivity index (χ0) is 8.55. The highest BCUT2D eigenvalue weighted by atomic mass is 15.0. The number of hydrogen-bond acceptors (Lipinski definition) is 2. The third-order valence-corrected chi connectivity index (χ3v) is 2.52. The maximum absolute atomic E-state index is 5.73. The Balaban J connectivity index is 2.27. The van der Waals surface area contributed by atoms with Gasteiger partial charge in [0.15, 0.2) is 0 Å². The van der Waals surface area contributed by atoms with Gasteiger partial charge in [-0.1, -0.05) is 12.1 Å². The summed E-state index contributed by atoms with van der Waals surface area (Å²) in [5.74, 6) is 0. The highest BCUT2D eigenvalue weighted by Gasteiger charge is 2.18. The minimum absolute atomic E-state index is 0.573. The van der Waals surface area contributed by atoms with E-state index >= 15 is 0 Å². The molecule has 64 valence electrons. The lowest BCUT2D eigenvalue weighted by molar-refractivity contribution is 0.383. The second kappa shape index (κ2) is 2.79. The lowest BCUT2D eigenvalue weighted by Crippen LogP contribution is -2.34. The van der Waals surface area contributed by atoms with Crippen LogP contribution in [0.25, 0.3) is 0 Å². The van der Waals surface area contributed by atoms with Crippen molar-refractivity contribution in [3.63, 3.8) is 0 Å². The third-order valence-electron chi connectivity index (χ3n) is 2.52. The lowest BCUT2D eigenvalue weighted by Gasteiger charge is -2.28. The molecule has 0 radical (unpaired) electrons. The number of rotatable bonds is 1. The molecule has 12 heavy (non-hydrogen) atoms. The third kappa shape index (κ3) is 1.18. The molecule has 1 fully saturated rings. The van der Waals surface area contributed by atoms with Gasteiger partial charge in [-0.25, -0.2) is 0 Å². The fraction of sp³-hybridized carbons (Fsp3) is 0.400. The average Bonchev–Trinajstić information content (AvgIpc) is 1.93. The van der Waals surface area contributed by atoms with Gasteiger partial charge in [-0.05, 0) is 37.1 Å². The zero-order valence-electron chi connectivity index (χ0n) is 7.30. The molecule has 3 N–H and O–H groups in total. The van der Waals surface area contributed by atoms with E-state index < -0.39 is 0 Å². The van der Waals surface area contributed by atoms with Gasteiger partial charge in [-0.2, -0.15) is 0 Å². The molecular weight excluding hydrogens is 148 g/mol. The topological polar surface area (TPSA) is 38.0 Å². The Bertz CT molecular complexity index is 290. The quantitative estimate of drug-likeness (QED) is 0.616. The number of anilines is 1. The van der Waals surface area contributed by atoms with Gasteiger partial charge in [-0.15, -0.1) is 0 Å². The van der Waals surface area contributed by atoms with Crippen molar-refractivity contribution in [1.29, 1.82) is 0 Å². The Kier molecular flexibility index (Phi) is 1.77. The van der Waals surface area contributed by atoms with Crippen LogP contribution in [0, 0.1) is 6.92 Å². The number of aryl methyl sites for hydroxylation is 1. The number of benzene rings is 1. The van der Waals surface area contributed by atoms with E-state index in [1.165, 1.54) is 17.5 Å². The van der Waals surface area contributed by atoms with Crippen LogP contribution < -0.4 is 11.1 Å². The van der Waals surface area contributed by atoms with Crippen molar-refractivity contribution < 1.29 is 0 Å². The van der Waals surface area contributed by atoms with E-state index in [1.54, 1.807) is 0 Å². The van der Waals surface area contributed by atoms with E-state index in [9.17, 15) is 0 Å². The van der Waals surface area contributed by atoms with Crippen LogP contribution in [0.4, 0.5) is 5.69 Å². The first-order valence-electron chi connectivity index (χ1n) is 4.37. The van der Waals surface area contributed by atoms with Gasteiger partial charge in [0, 0.05) is 11.7 Å². The first-order chi connectivity index (χ1) is 5.77. The molecule has 1 atom stereocenters. The second-order valence-corrected chi connectivity index (χ2v) is 3.41. The van der Waals surface area contributed by atoms with Crippen LogP contribution in [0.1, 0.15) is 23.6 Å². The normalized spacial score (nSPS) is 21.9. The van der Waals surface area contributed by atoms with Crippen LogP contribution in [0.5, 0.6) is 0 Å². The van der Waals surface area contributed by atoms with Gasteiger partial charge >= 0.3 is 0 Å². The number of nitrogen functional groups attached to an aromatic ring is 1. The molecule has 2 rings (SSSR count). The largest absolute Gasteiger partial charge is 0.399 e. The molecule has 1 saturated heterocycles. The lowest BCUT2D eigenvalue weighted by atomic mass is 9.96. The van der Waals surface area contributed by atoms with Crippen molar-refractivity contribution in [1.82, 2.24) is 5.32 Å². The predicted octanol–water partition coefficient (Wildman–Crippen LogP) is 1.61. The molecule has 2 heteroatoms. The maximum atomic E-state index is 5.73. The summed E-state index contributed by atoms with van der Waals surface area (Å²) in [6, 6.07) is 6.85. The van der Waals surface area contributed by atoms with Crippen LogP contribution in [-0.2, 0) is 0 Å². The fourth-order valence-electron chi connectivity index (χ4n) is 1.49. The van der Waals surface area contributed by atoms with Crippen LogP contribution in [0.2, 0.25) is 0 Å². The summed E-state index contributed by atoms with van der Waals surface area (Å²) in [5, 5.41) is 3.37. The second-order valence-electron chi connectivity index (χ2n) is 3.41. The number of hydrogen-bond donors (Lipinski definition) is 2. The monoisotopic (exact) mass is 162 g/mol. The molecule has 1 aliphatic heterocycles. The van der Waals surface area contributed by atoms with E-state index in [1.807, 2.05) is 6.07 Å². The molecule has 0 bridgehead atoms. The number of nitrogens with one attached hydrogen (secondary N) is 1. The highest BCUT2D eigenvalue weighted by molar-refractivity contribution is 5.48. The van der Waals surface area contributed by atoms with Gasteiger partial charge in [0.1, 0.15) is 0 Å². The van der Waals surface area contributed by atoms with Gasteiger partial charge in [0.2, 0.25) is 0 Å². The summed E-state index contributed by atoms with van der Waals surface area (Å²) in [5.41, 5.74) is 9.17. The standard InChI is InChI=1S/C10H14N2/c1-7-6-8(2-3-9(7)11)10-4-5-12-10/h2-3,6,10,12H,4-5,11H2,1H3. The van der Waals surface area contributed by atoms with Crippen molar-refractivity contribution in [2.75, 3.05) is 12.3 Å². The molecule has 1 heterocycles. The van der Waals surface area contributed by atoms with Crippen molar-refractivity contribution in [3.8, 4) is 0 Å². The molecule has 1 aromatic rings. The smallest absolute Gasteiger partial charge is 0.0343 e. The molecule has 1 unspecified atom stereocenters. The van der Waals surface area contributed by atoms with Crippen LogP contribution >= 0.6 is 0 Å². The molecule has 0 aliphatic carbocycles. The van der Waals surface area contributed by atoms with Crippen molar-refractivity contribution in [2.24, 2.45) is 0 Å². The minimum atomic E-state index is 0.573. The summed E-state index contributed by atoms with van der Waals surface area (Å²) in [6.45, 7) is 3.20. The molecule has 0 spiro atoms. The van der Waals surface area contributed by atoms with E-state index in [0.717, 1.165) is 12.2 Å². The fourth-order valence-corrected chi connectivity index (χ4v) is 1.49. The van der Waals surface area contributed by atoms with Crippen molar-refractivity contribution in [3.05, 3.63) is 29.3 Å². The molecule has 0 amide bonds. The van der Waals surface area contributed by atoms with Gasteiger partial charge in [0.25, 0.3) is 0 Å². The summed E-state index contributed by atoms with van der Waals surface area (Å²) >= 11 is 0. The van der Waals surface area contributed by atoms with Gasteiger partial charge in [0.05, 0.1) is 0 Å². The first-order valence-corrected chi connectivity index (χ1v) is 4.37. The van der Waals surface area contributed by atoms with E-state index in [2.05, 4.69) is 24.4 Å². The van der Waals surface area contributed by atoms with Gasteiger partial charge < -0.3 is 11.1 Å². The molecule has 2 nitrogen and oxygen atoms in total. The minimum Gasteiger partial charge on any atom is -0.399 e. The molecular formula is C10H14N2. The Labute approximate surface area is 72.8 Å². The summed E-state index contributed by atoms with van der Waals surface area (Å²) in [4.78, 5) is 0. The Hall–Kier alpha value is -1.02. The number of nitrogens with two attached hydrogens (primary N) is 1. The van der Waals surface area contributed by atoms with Crippen LogP contribution in [0.15, 0.2) is 18.2 Å². The van der Waals surface area contributed by atoms with E-state index in [-0.39, 0.29) is 0 Å². The maximum Gasteiger partial charge on any atom is 0.0343 e. The average molecular weight is 162 g/mol. The van der Waals surface area contributed by atoms with Gasteiger partial charge in [-0.3, -0.25) is 0 Å². The zero-order valence-corrected chi connectivity index (χ0v) is 7.30. The summed E-state index contributed by atoms with van der Waals surface area (Å²) in [6.07, 6.45) is 1.25. The molecule has 0 aromatic heterocycles. The molecule has 1 aromatic carbocycles. The predicted molar refractivity (Wildman–Crippen MR) is 51.0 cm³/mol. The molecule has 1 aliphatic rings. The van der Waals surface area contributed by atoms with E-state index in [4.69, 9.17) is 5.73 Å². The van der Waals surface area contributed by atoms with Crippen molar-refractivity contribution >= 4 is 5.69 Å². The summed E-state index contributed by atoms with van der Waals surface area (Å²) in [7, 11) is 0. The first kappa shape index (κ1) is 7.62.